The molecule has 2 aromatic carbocycles. The number of aryl methyl sites for hydroxylation is 3. The van der Waals surface area contributed by atoms with E-state index in [0.29, 0.717) is 0 Å². The molecular weight excluding hydrogens is 300 g/mol. The number of rotatable bonds is 1. The van der Waals surface area contributed by atoms with E-state index in [1.165, 1.54) is 16.7 Å². The van der Waals surface area contributed by atoms with Crippen LogP contribution in [0.25, 0.3) is 22.4 Å². The molecule has 0 amide bonds. The normalized spacial score (nSPS) is 11.2. The van der Waals surface area contributed by atoms with Crippen molar-refractivity contribution in [1.29, 1.82) is 0 Å². The number of H-pyrrole nitrogens is 1. The van der Waals surface area contributed by atoms with Crippen LogP contribution >= 0.6 is 15.9 Å². The Kier molecular flexibility index (Phi) is 2.94. The third-order valence-corrected chi connectivity index (χ3v) is 3.69. The number of hydrogen-bond acceptors (Lipinski definition) is 1. The van der Waals surface area contributed by atoms with Crippen molar-refractivity contribution >= 4 is 27.0 Å². The van der Waals surface area contributed by atoms with Gasteiger partial charge in [0.2, 0.25) is 0 Å². The molecule has 1 aromatic heterocycles. The first-order valence-electron chi connectivity index (χ1n) is 6.27. The second kappa shape index (κ2) is 4.49. The zero-order chi connectivity index (χ0) is 13.6. The van der Waals surface area contributed by atoms with Gasteiger partial charge < -0.3 is 4.98 Å². The van der Waals surface area contributed by atoms with Crippen LogP contribution in [0.15, 0.2) is 34.8 Å². The van der Waals surface area contributed by atoms with Gasteiger partial charge in [-0.1, -0.05) is 22.0 Å². The molecule has 1 N–H and O–H groups in total. The van der Waals surface area contributed by atoms with Crippen LogP contribution in [0.3, 0.4) is 0 Å². The summed E-state index contributed by atoms with van der Waals surface area (Å²) in [6.07, 6.45) is 0. The van der Waals surface area contributed by atoms with Gasteiger partial charge >= 0.3 is 0 Å². The maximum atomic E-state index is 4.73. The van der Waals surface area contributed by atoms with E-state index in [2.05, 4.69) is 72.0 Å². The van der Waals surface area contributed by atoms with Crippen molar-refractivity contribution in [2.75, 3.05) is 0 Å². The van der Waals surface area contributed by atoms with E-state index in [9.17, 15) is 0 Å². The number of nitrogens with zero attached hydrogens (tertiary/aromatic N) is 1. The predicted octanol–water partition coefficient (Wildman–Crippen LogP) is 4.92. The molecule has 3 aromatic rings. The number of benzene rings is 2. The van der Waals surface area contributed by atoms with Gasteiger partial charge in [0.15, 0.2) is 0 Å². The molecule has 19 heavy (non-hydrogen) atoms. The molecule has 3 heteroatoms. The molecule has 0 radical (unpaired) electrons. The van der Waals surface area contributed by atoms with Gasteiger partial charge in [-0.05, 0) is 61.7 Å². The van der Waals surface area contributed by atoms with Crippen molar-refractivity contribution in [2.24, 2.45) is 0 Å². The highest BCUT2D eigenvalue weighted by Crippen LogP contribution is 2.26. The van der Waals surface area contributed by atoms with Crippen molar-refractivity contribution in [3.63, 3.8) is 0 Å². The summed E-state index contributed by atoms with van der Waals surface area (Å²) in [5.41, 5.74) is 6.95. The van der Waals surface area contributed by atoms with Gasteiger partial charge in [0, 0.05) is 10.0 Å². The first-order valence-corrected chi connectivity index (χ1v) is 7.07. The summed E-state index contributed by atoms with van der Waals surface area (Å²) in [5, 5.41) is 0. The summed E-state index contributed by atoms with van der Waals surface area (Å²) >= 11 is 3.54. The lowest BCUT2D eigenvalue weighted by molar-refractivity contribution is 1.31. The standard InChI is InChI=1S/C16H15BrN2/c1-9-4-11(3)15-14(7-9)18-16(19-15)12-5-10(2)6-13(17)8-12/h4-8H,1-3H3,(H,18,19). The van der Waals surface area contributed by atoms with E-state index >= 15 is 0 Å². The Hall–Kier alpha value is -1.61. The molecule has 0 spiro atoms. The van der Waals surface area contributed by atoms with E-state index < -0.39 is 0 Å². The average Bonchev–Trinajstić information content (AvgIpc) is 2.71. The Balaban J connectivity index is 2.23. The zero-order valence-electron chi connectivity index (χ0n) is 11.2. The van der Waals surface area contributed by atoms with Gasteiger partial charge in [0.25, 0.3) is 0 Å². The number of hydrogen-bond donors (Lipinski definition) is 1. The fraction of sp³-hybridized carbons (Fsp3) is 0.188. The van der Waals surface area contributed by atoms with Crippen molar-refractivity contribution in [3.05, 3.63) is 51.5 Å². The molecule has 1 heterocycles. The Morgan fingerprint density at radius 3 is 2.42 bits per heavy atom. The van der Waals surface area contributed by atoms with Crippen molar-refractivity contribution in [1.82, 2.24) is 9.97 Å². The topological polar surface area (TPSA) is 28.7 Å². The quantitative estimate of drug-likeness (QED) is 0.678. The van der Waals surface area contributed by atoms with Crippen LogP contribution in [0.2, 0.25) is 0 Å². The lowest BCUT2D eigenvalue weighted by atomic mass is 10.1. The van der Waals surface area contributed by atoms with E-state index in [1.54, 1.807) is 0 Å². The third kappa shape index (κ3) is 2.30. The van der Waals surface area contributed by atoms with Gasteiger partial charge in [-0.2, -0.15) is 0 Å². The molecule has 3 rings (SSSR count). The highest BCUT2D eigenvalue weighted by molar-refractivity contribution is 9.10. The lowest BCUT2D eigenvalue weighted by Gasteiger charge is -2.00. The third-order valence-electron chi connectivity index (χ3n) is 3.24. The number of aromatic nitrogens is 2. The number of fused-ring (bicyclic) bond motifs is 1. The highest BCUT2D eigenvalue weighted by atomic mass is 79.9. The summed E-state index contributed by atoms with van der Waals surface area (Å²) in [6, 6.07) is 10.6. The molecular formula is C16H15BrN2. The molecule has 0 fully saturated rings. The largest absolute Gasteiger partial charge is 0.338 e. The molecule has 2 nitrogen and oxygen atoms in total. The number of halogens is 1. The highest BCUT2D eigenvalue weighted by Gasteiger charge is 2.08. The van der Waals surface area contributed by atoms with E-state index in [0.717, 1.165) is 26.9 Å². The molecule has 0 aliphatic heterocycles. The molecule has 0 bridgehead atoms. The Bertz CT molecular complexity index is 752. The Morgan fingerprint density at radius 1 is 0.947 bits per heavy atom. The SMILES string of the molecule is Cc1cc(Br)cc(-c2nc3c(C)cc(C)cc3[nH]2)c1. The van der Waals surface area contributed by atoms with Crippen LogP contribution in [-0.2, 0) is 0 Å². The zero-order valence-corrected chi connectivity index (χ0v) is 12.8. The molecule has 0 aliphatic rings. The number of nitrogens with one attached hydrogen (secondary N) is 1. The fourth-order valence-electron chi connectivity index (χ4n) is 2.48. The van der Waals surface area contributed by atoms with Gasteiger partial charge in [-0.3, -0.25) is 0 Å². The van der Waals surface area contributed by atoms with Crippen molar-refractivity contribution in [3.8, 4) is 11.4 Å². The van der Waals surface area contributed by atoms with E-state index in [4.69, 9.17) is 4.98 Å². The van der Waals surface area contributed by atoms with Crippen LogP contribution < -0.4 is 0 Å². The summed E-state index contributed by atoms with van der Waals surface area (Å²) in [5.74, 6) is 0.924. The molecule has 0 unspecified atom stereocenters. The second-order valence-corrected chi connectivity index (χ2v) is 6.00. The van der Waals surface area contributed by atoms with E-state index in [1.807, 2.05) is 0 Å². The minimum atomic E-state index is 0.924. The van der Waals surface area contributed by atoms with Crippen molar-refractivity contribution in [2.45, 2.75) is 20.8 Å². The first kappa shape index (κ1) is 12.4. The van der Waals surface area contributed by atoms with Crippen LogP contribution in [0.5, 0.6) is 0 Å². The second-order valence-electron chi connectivity index (χ2n) is 5.08. The predicted molar refractivity (Wildman–Crippen MR) is 83.4 cm³/mol. The molecule has 0 atom stereocenters. The summed E-state index contributed by atoms with van der Waals surface area (Å²) in [6.45, 7) is 6.30. The van der Waals surface area contributed by atoms with Crippen LogP contribution in [0, 0.1) is 20.8 Å². The van der Waals surface area contributed by atoms with Gasteiger partial charge in [-0.15, -0.1) is 0 Å². The van der Waals surface area contributed by atoms with E-state index in [-0.39, 0.29) is 0 Å². The summed E-state index contributed by atoms with van der Waals surface area (Å²) < 4.78 is 1.08. The Labute approximate surface area is 121 Å². The van der Waals surface area contributed by atoms with Crippen molar-refractivity contribution < 1.29 is 0 Å². The average molecular weight is 315 g/mol. The van der Waals surface area contributed by atoms with Gasteiger partial charge in [0.1, 0.15) is 5.82 Å². The van der Waals surface area contributed by atoms with Crippen LogP contribution in [0.1, 0.15) is 16.7 Å². The minimum Gasteiger partial charge on any atom is -0.338 e. The first-order chi connectivity index (χ1) is 9.02. The molecule has 0 saturated carbocycles. The summed E-state index contributed by atoms with van der Waals surface area (Å²) in [7, 11) is 0. The summed E-state index contributed by atoms with van der Waals surface area (Å²) in [4.78, 5) is 8.15. The maximum absolute atomic E-state index is 4.73. The van der Waals surface area contributed by atoms with Crippen LogP contribution in [-0.4, -0.2) is 9.97 Å². The Morgan fingerprint density at radius 2 is 1.68 bits per heavy atom. The number of aromatic amines is 1. The number of imidazole rings is 1. The van der Waals surface area contributed by atoms with Gasteiger partial charge in [0.05, 0.1) is 11.0 Å². The smallest absolute Gasteiger partial charge is 0.138 e. The monoisotopic (exact) mass is 314 g/mol. The van der Waals surface area contributed by atoms with Crippen LogP contribution in [0.4, 0.5) is 0 Å². The van der Waals surface area contributed by atoms with Gasteiger partial charge in [-0.25, -0.2) is 4.98 Å². The molecule has 0 aliphatic carbocycles. The molecule has 0 saturated heterocycles. The molecule has 96 valence electrons. The fourth-order valence-corrected chi connectivity index (χ4v) is 3.09. The maximum Gasteiger partial charge on any atom is 0.138 e. The lowest BCUT2D eigenvalue weighted by Crippen LogP contribution is -1.82. The minimum absolute atomic E-state index is 0.924.